The van der Waals surface area contributed by atoms with Crippen molar-refractivity contribution in [3.8, 4) is 0 Å². The predicted molar refractivity (Wildman–Crippen MR) is 76.3 cm³/mol. The number of hydrogen-bond donors (Lipinski definition) is 1. The minimum absolute atomic E-state index is 0.260. The van der Waals surface area contributed by atoms with Crippen molar-refractivity contribution in [2.75, 3.05) is 0 Å². The zero-order chi connectivity index (χ0) is 14.1. The quantitative estimate of drug-likeness (QED) is 0.905. The number of nitrogens with zero attached hydrogens (tertiary/aromatic N) is 1. The lowest BCUT2D eigenvalue weighted by Gasteiger charge is -2.20. The van der Waals surface area contributed by atoms with E-state index < -0.39 is 0 Å². The third-order valence-corrected chi connectivity index (χ3v) is 3.35. The van der Waals surface area contributed by atoms with E-state index in [1.54, 1.807) is 18.4 Å². The van der Waals surface area contributed by atoms with E-state index in [0.29, 0.717) is 16.6 Å². The van der Waals surface area contributed by atoms with E-state index in [1.165, 1.54) is 12.1 Å². The minimum Gasteiger partial charge on any atom is -0.461 e. The molecule has 0 spiro atoms. The van der Waals surface area contributed by atoms with Crippen LogP contribution in [0.1, 0.15) is 24.3 Å². The lowest BCUT2D eigenvalue weighted by atomic mass is 10.0. The van der Waals surface area contributed by atoms with Gasteiger partial charge in [-0.3, -0.25) is 4.99 Å². The Kier molecular flexibility index (Phi) is 3.32. The molecule has 5 heteroatoms. The third-order valence-electron chi connectivity index (χ3n) is 3.03. The van der Waals surface area contributed by atoms with Crippen molar-refractivity contribution < 1.29 is 8.81 Å². The summed E-state index contributed by atoms with van der Waals surface area (Å²) in [6, 6.07) is 7.70. The number of halogens is 2. The molecule has 1 atom stereocenters. The molecule has 1 aliphatic heterocycles. The smallest absolute Gasteiger partial charge is 0.169 e. The number of aliphatic imine (C=N–C) groups is 1. The second-order valence-corrected chi connectivity index (χ2v) is 4.95. The first-order chi connectivity index (χ1) is 9.63. The summed E-state index contributed by atoms with van der Waals surface area (Å²) in [5.41, 5.74) is 1.70. The molecule has 3 rings (SSSR count). The lowest BCUT2D eigenvalue weighted by molar-refractivity contribution is 0.552. The first kappa shape index (κ1) is 12.9. The Balaban J connectivity index is 2.01. The number of nitrogens with one attached hydrogen (secondary N) is 1. The molecule has 0 fully saturated rings. The van der Waals surface area contributed by atoms with Gasteiger partial charge in [-0.2, -0.15) is 0 Å². The number of rotatable bonds is 2. The summed E-state index contributed by atoms with van der Waals surface area (Å²) < 4.78 is 18.5. The topological polar surface area (TPSA) is 37.5 Å². The fourth-order valence-electron chi connectivity index (χ4n) is 2.11. The van der Waals surface area contributed by atoms with Crippen LogP contribution in [-0.2, 0) is 0 Å². The van der Waals surface area contributed by atoms with Crippen LogP contribution in [-0.4, -0.2) is 5.84 Å². The van der Waals surface area contributed by atoms with Gasteiger partial charge >= 0.3 is 0 Å². The minimum atomic E-state index is -0.358. The Morgan fingerprint density at radius 3 is 2.90 bits per heavy atom. The number of allylic oxidation sites excluding steroid dienone is 1. The summed E-state index contributed by atoms with van der Waals surface area (Å²) >= 11 is 6.10. The second-order valence-electron chi connectivity index (χ2n) is 4.54. The highest BCUT2D eigenvalue weighted by Gasteiger charge is 2.19. The van der Waals surface area contributed by atoms with E-state index >= 15 is 0 Å². The summed E-state index contributed by atoms with van der Waals surface area (Å²) in [5.74, 6) is 0.935. The Hall–Kier alpha value is -2.07. The van der Waals surface area contributed by atoms with Crippen molar-refractivity contribution in [2.45, 2.75) is 13.0 Å². The van der Waals surface area contributed by atoms with Gasteiger partial charge in [-0.1, -0.05) is 17.7 Å². The van der Waals surface area contributed by atoms with Gasteiger partial charge in [0.2, 0.25) is 0 Å². The molecule has 102 valence electrons. The van der Waals surface area contributed by atoms with Crippen molar-refractivity contribution in [1.29, 1.82) is 0 Å². The van der Waals surface area contributed by atoms with Gasteiger partial charge in [0.05, 0.1) is 12.3 Å². The van der Waals surface area contributed by atoms with Gasteiger partial charge in [0.1, 0.15) is 5.82 Å². The molecule has 1 aliphatic rings. The molecule has 0 saturated carbocycles. The maximum atomic E-state index is 13.1. The first-order valence-corrected chi connectivity index (χ1v) is 6.53. The fourth-order valence-corrected chi connectivity index (χ4v) is 2.39. The molecule has 0 bridgehead atoms. The maximum absolute atomic E-state index is 13.1. The third kappa shape index (κ3) is 2.47. The highest BCUT2D eigenvalue weighted by Crippen LogP contribution is 2.30. The van der Waals surface area contributed by atoms with Crippen LogP contribution >= 0.6 is 11.6 Å². The maximum Gasteiger partial charge on any atom is 0.169 e. The van der Waals surface area contributed by atoms with E-state index in [4.69, 9.17) is 16.0 Å². The molecule has 1 N–H and O–H groups in total. The van der Waals surface area contributed by atoms with Crippen molar-refractivity contribution in [3.05, 3.63) is 70.5 Å². The SMILES string of the molecule is CC1=CC(c2ccc(F)cc2Cl)N=C(c2ccco2)N1. The predicted octanol–water partition coefficient (Wildman–Crippen LogP) is 4.07. The van der Waals surface area contributed by atoms with Crippen LogP contribution in [0.5, 0.6) is 0 Å². The van der Waals surface area contributed by atoms with Crippen LogP contribution in [0.15, 0.2) is 57.8 Å². The Bertz CT molecular complexity index is 692. The molecular weight excluding hydrogens is 279 g/mol. The van der Waals surface area contributed by atoms with Gasteiger partial charge in [-0.05, 0) is 42.8 Å². The largest absolute Gasteiger partial charge is 0.461 e. The number of benzene rings is 1. The van der Waals surface area contributed by atoms with Gasteiger partial charge in [0.15, 0.2) is 11.6 Å². The molecule has 20 heavy (non-hydrogen) atoms. The molecule has 1 aromatic carbocycles. The first-order valence-electron chi connectivity index (χ1n) is 6.15. The Morgan fingerprint density at radius 2 is 2.20 bits per heavy atom. The van der Waals surface area contributed by atoms with Crippen LogP contribution in [0, 0.1) is 5.82 Å². The number of hydrogen-bond acceptors (Lipinski definition) is 3. The molecule has 1 aromatic heterocycles. The molecule has 1 unspecified atom stereocenters. The summed E-state index contributed by atoms with van der Waals surface area (Å²) in [5, 5.41) is 3.51. The van der Waals surface area contributed by atoms with Crippen molar-refractivity contribution >= 4 is 17.4 Å². The van der Waals surface area contributed by atoms with Gasteiger partial charge in [-0.15, -0.1) is 0 Å². The van der Waals surface area contributed by atoms with Gasteiger partial charge in [0, 0.05) is 10.7 Å². The van der Waals surface area contributed by atoms with Crippen LogP contribution in [0.4, 0.5) is 4.39 Å². The van der Waals surface area contributed by atoms with E-state index in [1.807, 2.05) is 19.1 Å². The average Bonchev–Trinajstić information content (AvgIpc) is 2.91. The Morgan fingerprint density at radius 1 is 1.35 bits per heavy atom. The zero-order valence-electron chi connectivity index (χ0n) is 10.7. The summed E-state index contributed by atoms with van der Waals surface area (Å²) in [7, 11) is 0. The molecule has 0 saturated heterocycles. The second kappa shape index (κ2) is 5.13. The Labute approximate surface area is 120 Å². The summed E-state index contributed by atoms with van der Waals surface area (Å²) in [6.07, 6.45) is 3.53. The standard InChI is InChI=1S/C15H12ClFN2O/c1-9-7-13(11-5-4-10(17)8-12(11)16)19-15(18-9)14-3-2-6-20-14/h2-8,13H,1H3,(H,18,19). The van der Waals surface area contributed by atoms with E-state index in [2.05, 4.69) is 10.3 Å². The van der Waals surface area contributed by atoms with Crippen molar-refractivity contribution in [2.24, 2.45) is 4.99 Å². The monoisotopic (exact) mass is 290 g/mol. The molecule has 2 heterocycles. The van der Waals surface area contributed by atoms with Crippen LogP contribution in [0.25, 0.3) is 0 Å². The zero-order valence-corrected chi connectivity index (χ0v) is 11.5. The summed E-state index contributed by atoms with van der Waals surface area (Å²) in [4.78, 5) is 4.56. The van der Waals surface area contributed by atoms with E-state index in [-0.39, 0.29) is 11.9 Å². The average molecular weight is 291 g/mol. The molecule has 0 radical (unpaired) electrons. The summed E-state index contributed by atoms with van der Waals surface area (Å²) in [6.45, 7) is 1.93. The van der Waals surface area contributed by atoms with Crippen molar-refractivity contribution in [3.63, 3.8) is 0 Å². The number of furan rings is 1. The molecule has 2 aromatic rings. The molecule has 3 nitrogen and oxygen atoms in total. The fraction of sp³-hybridized carbons (Fsp3) is 0.133. The van der Waals surface area contributed by atoms with Crippen LogP contribution in [0.2, 0.25) is 5.02 Å². The van der Waals surface area contributed by atoms with Gasteiger partial charge in [-0.25, -0.2) is 4.39 Å². The van der Waals surface area contributed by atoms with E-state index in [9.17, 15) is 4.39 Å². The normalized spacial score (nSPS) is 18.2. The van der Waals surface area contributed by atoms with Crippen LogP contribution < -0.4 is 5.32 Å². The van der Waals surface area contributed by atoms with Gasteiger partial charge < -0.3 is 9.73 Å². The molecule has 0 aliphatic carbocycles. The molecule has 0 amide bonds. The van der Waals surface area contributed by atoms with Gasteiger partial charge in [0.25, 0.3) is 0 Å². The number of amidine groups is 1. The lowest BCUT2D eigenvalue weighted by Crippen LogP contribution is -2.26. The highest BCUT2D eigenvalue weighted by molar-refractivity contribution is 6.31. The van der Waals surface area contributed by atoms with E-state index in [0.717, 1.165) is 11.3 Å². The highest BCUT2D eigenvalue weighted by atomic mass is 35.5. The van der Waals surface area contributed by atoms with Crippen molar-refractivity contribution in [1.82, 2.24) is 5.32 Å². The van der Waals surface area contributed by atoms with Crippen LogP contribution in [0.3, 0.4) is 0 Å². The molecular formula is C15H12ClFN2O.